The third-order valence-electron chi connectivity index (χ3n) is 6.47. The van der Waals surface area contributed by atoms with E-state index in [1.54, 1.807) is 16.7 Å². The molecule has 3 aromatic rings. The fourth-order valence-electron chi connectivity index (χ4n) is 4.59. The van der Waals surface area contributed by atoms with Crippen LogP contribution in [0, 0.1) is 0 Å². The summed E-state index contributed by atoms with van der Waals surface area (Å²) in [5, 5.41) is 11.6. The first-order valence-corrected chi connectivity index (χ1v) is 12.1. The Hall–Kier alpha value is -3.42. The number of hydrogen-bond acceptors (Lipinski definition) is 5. The zero-order chi connectivity index (χ0) is 23.9. The molecule has 0 spiro atoms. The molecule has 1 fully saturated rings. The summed E-state index contributed by atoms with van der Waals surface area (Å²) in [7, 11) is 1.61. The minimum Gasteiger partial charge on any atom is -0.497 e. The number of unbranched alkanes of at least 4 members (excludes halogenated alkanes) is 1. The Morgan fingerprint density at radius 3 is 2.59 bits per heavy atom. The van der Waals surface area contributed by atoms with E-state index in [4.69, 9.17) is 4.74 Å². The van der Waals surface area contributed by atoms with Crippen LogP contribution in [-0.2, 0) is 16.1 Å². The minimum absolute atomic E-state index is 0.0214. The fraction of sp³-hybridized carbons (Fsp3) is 0.462. The van der Waals surface area contributed by atoms with E-state index in [1.807, 2.05) is 48.5 Å². The second-order valence-electron chi connectivity index (χ2n) is 8.84. The number of aromatic nitrogens is 3. The zero-order valence-electron chi connectivity index (χ0n) is 19.9. The molecule has 180 valence electrons. The number of fused-ring (bicyclic) bond motifs is 1. The van der Waals surface area contributed by atoms with Crippen LogP contribution in [0.25, 0.3) is 11.0 Å². The SMILES string of the molecule is CCCCN(C(=O)Cn1nnc2ccccc21)C(C(=O)NC1CCCC1)c1ccc(OC)cc1. The molecule has 1 heterocycles. The molecule has 1 aliphatic rings. The molecule has 1 unspecified atom stereocenters. The number of carbonyl (C=O) groups excluding carboxylic acids is 2. The summed E-state index contributed by atoms with van der Waals surface area (Å²) in [6.07, 6.45) is 5.92. The van der Waals surface area contributed by atoms with Gasteiger partial charge in [0.25, 0.3) is 0 Å². The van der Waals surface area contributed by atoms with Gasteiger partial charge in [0.2, 0.25) is 11.8 Å². The molecule has 1 atom stereocenters. The topological polar surface area (TPSA) is 89.4 Å². The molecule has 1 aromatic heterocycles. The number of carbonyl (C=O) groups is 2. The molecule has 2 aromatic carbocycles. The number of amides is 2. The highest BCUT2D eigenvalue weighted by Gasteiger charge is 2.33. The lowest BCUT2D eigenvalue weighted by Gasteiger charge is -2.32. The Labute approximate surface area is 200 Å². The van der Waals surface area contributed by atoms with Gasteiger partial charge in [-0.25, -0.2) is 4.68 Å². The highest BCUT2D eigenvalue weighted by molar-refractivity contribution is 5.89. The molecular formula is C26H33N5O3. The van der Waals surface area contributed by atoms with Crippen LogP contribution in [0.4, 0.5) is 0 Å². The van der Waals surface area contributed by atoms with E-state index in [1.165, 1.54) is 0 Å². The normalized spacial score (nSPS) is 14.8. The van der Waals surface area contributed by atoms with Gasteiger partial charge >= 0.3 is 0 Å². The van der Waals surface area contributed by atoms with Crippen molar-refractivity contribution in [3.8, 4) is 5.75 Å². The van der Waals surface area contributed by atoms with E-state index in [9.17, 15) is 9.59 Å². The van der Waals surface area contributed by atoms with Gasteiger partial charge in [0.15, 0.2) is 0 Å². The van der Waals surface area contributed by atoms with Crippen molar-refractivity contribution in [3.63, 3.8) is 0 Å². The molecule has 0 aliphatic heterocycles. The monoisotopic (exact) mass is 463 g/mol. The van der Waals surface area contributed by atoms with Gasteiger partial charge in [0.1, 0.15) is 23.9 Å². The summed E-state index contributed by atoms with van der Waals surface area (Å²) in [6.45, 7) is 2.58. The van der Waals surface area contributed by atoms with Crippen LogP contribution in [0.3, 0.4) is 0 Å². The summed E-state index contributed by atoms with van der Waals surface area (Å²) in [5.74, 6) is 0.413. The predicted molar refractivity (Wildman–Crippen MR) is 130 cm³/mol. The van der Waals surface area contributed by atoms with Crippen LogP contribution in [0.5, 0.6) is 5.75 Å². The predicted octanol–water partition coefficient (Wildman–Crippen LogP) is 3.87. The number of nitrogens with zero attached hydrogens (tertiary/aromatic N) is 4. The molecule has 1 N–H and O–H groups in total. The van der Waals surface area contributed by atoms with E-state index in [2.05, 4.69) is 22.6 Å². The number of ether oxygens (including phenoxy) is 1. The molecular weight excluding hydrogens is 430 g/mol. The van der Waals surface area contributed by atoms with Gasteiger partial charge in [-0.1, -0.05) is 55.7 Å². The van der Waals surface area contributed by atoms with Gasteiger partial charge in [-0.05, 0) is 49.1 Å². The van der Waals surface area contributed by atoms with Crippen LogP contribution in [-0.4, -0.2) is 51.4 Å². The zero-order valence-corrected chi connectivity index (χ0v) is 19.9. The molecule has 8 heteroatoms. The molecule has 0 bridgehead atoms. The lowest BCUT2D eigenvalue weighted by molar-refractivity contribution is -0.141. The average Bonchev–Trinajstić information content (AvgIpc) is 3.52. The molecule has 8 nitrogen and oxygen atoms in total. The van der Waals surface area contributed by atoms with Crippen LogP contribution in [0.1, 0.15) is 57.1 Å². The second-order valence-corrected chi connectivity index (χ2v) is 8.84. The van der Waals surface area contributed by atoms with Crippen molar-refractivity contribution in [2.24, 2.45) is 0 Å². The molecule has 1 saturated carbocycles. The molecule has 34 heavy (non-hydrogen) atoms. The van der Waals surface area contributed by atoms with Crippen molar-refractivity contribution in [1.82, 2.24) is 25.2 Å². The summed E-state index contributed by atoms with van der Waals surface area (Å²) in [4.78, 5) is 29.0. The van der Waals surface area contributed by atoms with Crippen LogP contribution in [0.15, 0.2) is 48.5 Å². The molecule has 1 aliphatic carbocycles. The van der Waals surface area contributed by atoms with Gasteiger partial charge in [-0.3, -0.25) is 9.59 Å². The van der Waals surface area contributed by atoms with E-state index >= 15 is 0 Å². The van der Waals surface area contributed by atoms with Crippen molar-refractivity contribution >= 4 is 22.8 Å². The van der Waals surface area contributed by atoms with Gasteiger partial charge in [0, 0.05) is 12.6 Å². The Morgan fingerprint density at radius 1 is 1.15 bits per heavy atom. The smallest absolute Gasteiger partial charge is 0.247 e. The molecule has 2 amide bonds. The average molecular weight is 464 g/mol. The maximum atomic E-state index is 13.7. The van der Waals surface area contributed by atoms with Crippen molar-refractivity contribution in [2.75, 3.05) is 13.7 Å². The number of benzene rings is 2. The summed E-state index contributed by atoms with van der Waals surface area (Å²) >= 11 is 0. The molecule has 0 saturated heterocycles. The van der Waals surface area contributed by atoms with Crippen molar-refractivity contribution in [2.45, 2.75) is 64.1 Å². The van der Waals surface area contributed by atoms with E-state index in [0.717, 1.165) is 55.1 Å². The first kappa shape index (κ1) is 23.7. The lowest BCUT2D eigenvalue weighted by Crippen LogP contribution is -2.47. The lowest BCUT2D eigenvalue weighted by atomic mass is 10.0. The Balaban J connectivity index is 1.65. The number of para-hydroxylation sites is 1. The largest absolute Gasteiger partial charge is 0.497 e. The maximum Gasteiger partial charge on any atom is 0.247 e. The van der Waals surface area contributed by atoms with E-state index in [0.29, 0.717) is 12.3 Å². The van der Waals surface area contributed by atoms with Gasteiger partial charge in [-0.15, -0.1) is 5.10 Å². The number of nitrogens with one attached hydrogen (secondary N) is 1. The third kappa shape index (κ3) is 5.38. The first-order chi connectivity index (χ1) is 16.6. The number of rotatable bonds is 10. The highest BCUT2D eigenvalue weighted by Crippen LogP contribution is 2.27. The van der Waals surface area contributed by atoms with Crippen LogP contribution < -0.4 is 10.1 Å². The Morgan fingerprint density at radius 2 is 1.88 bits per heavy atom. The van der Waals surface area contributed by atoms with Crippen LogP contribution in [0.2, 0.25) is 0 Å². The van der Waals surface area contributed by atoms with Crippen molar-refractivity contribution in [1.29, 1.82) is 0 Å². The van der Waals surface area contributed by atoms with Gasteiger partial charge < -0.3 is 15.0 Å². The quantitative estimate of drug-likeness (QED) is 0.493. The van der Waals surface area contributed by atoms with E-state index in [-0.39, 0.29) is 24.4 Å². The van der Waals surface area contributed by atoms with Crippen LogP contribution >= 0.6 is 0 Å². The standard InChI is InChI=1S/C26H33N5O3/c1-3-4-17-30(24(32)18-31-23-12-8-7-11-22(23)28-29-31)25(19-13-15-21(34-2)16-14-19)26(33)27-20-9-5-6-10-20/h7-8,11-16,20,25H,3-6,9-10,17-18H2,1-2H3,(H,27,33). The third-order valence-corrected chi connectivity index (χ3v) is 6.47. The second kappa shape index (κ2) is 11.1. The summed E-state index contributed by atoms with van der Waals surface area (Å²) < 4.78 is 6.91. The Kier molecular flexibility index (Phi) is 7.77. The molecule has 4 rings (SSSR count). The number of hydrogen-bond donors (Lipinski definition) is 1. The van der Waals surface area contributed by atoms with Crippen molar-refractivity contribution < 1.29 is 14.3 Å². The first-order valence-electron chi connectivity index (χ1n) is 12.1. The minimum atomic E-state index is -0.722. The van der Waals surface area contributed by atoms with Gasteiger partial charge in [0.05, 0.1) is 12.6 Å². The summed E-state index contributed by atoms with van der Waals surface area (Å²) in [6, 6.07) is 14.4. The maximum absolute atomic E-state index is 13.7. The Bertz CT molecular complexity index is 1110. The number of methoxy groups -OCH3 is 1. The van der Waals surface area contributed by atoms with E-state index < -0.39 is 6.04 Å². The van der Waals surface area contributed by atoms with Crippen molar-refractivity contribution in [3.05, 3.63) is 54.1 Å². The van der Waals surface area contributed by atoms with Gasteiger partial charge in [-0.2, -0.15) is 0 Å². The molecule has 0 radical (unpaired) electrons. The summed E-state index contributed by atoms with van der Waals surface area (Å²) in [5.41, 5.74) is 2.30. The fourth-order valence-corrected chi connectivity index (χ4v) is 4.59. The highest BCUT2D eigenvalue weighted by atomic mass is 16.5.